The van der Waals surface area contributed by atoms with Gasteiger partial charge in [0.25, 0.3) is 0 Å². The van der Waals surface area contributed by atoms with Crippen LogP contribution in [-0.2, 0) is 0 Å². The van der Waals surface area contributed by atoms with Gasteiger partial charge in [-0.2, -0.15) is 0 Å². The van der Waals surface area contributed by atoms with E-state index in [1.807, 2.05) is 0 Å². The van der Waals surface area contributed by atoms with Crippen LogP contribution < -0.4 is 0 Å². The van der Waals surface area contributed by atoms with Gasteiger partial charge in [0, 0.05) is 19.2 Å². The molecule has 1 aliphatic heterocycles. The van der Waals surface area contributed by atoms with Crippen molar-refractivity contribution >= 4 is 0 Å². The summed E-state index contributed by atoms with van der Waals surface area (Å²) in [5.74, 6) is 0.894. The van der Waals surface area contributed by atoms with Gasteiger partial charge >= 0.3 is 0 Å². The predicted molar refractivity (Wildman–Crippen MR) is 51.1 cm³/mol. The second-order valence-electron chi connectivity index (χ2n) is 4.09. The molecule has 0 spiro atoms. The highest BCUT2D eigenvalue weighted by Crippen LogP contribution is 2.21. The van der Waals surface area contributed by atoms with Crippen molar-refractivity contribution in [1.82, 2.24) is 4.90 Å². The van der Waals surface area contributed by atoms with E-state index in [1.165, 1.54) is 19.4 Å². The van der Waals surface area contributed by atoms with Crippen LogP contribution in [-0.4, -0.2) is 35.7 Å². The number of hydrogen-bond acceptors (Lipinski definition) is 2. The van der Waals surface area contributed by atoms with Gasteiger partial charge < -0.3 is 10.0 Å². The van der Waals surface area contributed by atoms with Crippen molar-refractivity contribution in [2.75, 3.05) is 19.7 Å². The third-order valence-corrected chi connectivity index (χ3v) is 2.88. The molecule has 0 saturated carbocycles. The molecule has 2 atom stereocenters. The summed E-state index contributed by atoms with van der Waals surface area (Å²) in [6.07, 6.45) is 3.58. The third-order valence-electron chi connectivity index (χ3n) is 2.88. The highest BCUT2D eigenvalue weighted by molar-refractivity contribution is 4.76. The molecule has 1 heterocycles. The summed E-state index contributed by atoms with van der Waals surface area (Å²) in [5.41, 5.74) is 0. The number of nitrogens with zero attached hydrogens (tertiary/aromatic N) is 1. The Morgan fingerprint density at radius 2 is 2.17 bits per heavy atom. The number of piperidine rings is 1. The zero-order chi connectivity index (χ0) is 8.97. The Hall–Kier alpha value is -0.0800. The van der Waals surface area contributed by atoms with Crippen molar-refractivity contribution in [3.8, 4) is 0 Å². The molecule has 0 aromatic heterocycles. The Kier molecular flexibility index (Phi) is 4.02. The summed E-state index contributed by atoms with van der Waals surface area (Å²) in [6, 6.07) is 0.722. The maximum Gasteiger partial charge on any atom is 0.0443 e. The molecule has 0 aromatic carbocycles. The predicted octanol–water partition coefficient (Wildman–Crippen LogP) is 1.49. The number of rotatable bonds is 3. The molecular formula is C10H21NO. The standard InChI is InChI=1S/C10H21NO/c1-9-4-6-11(5-3-7-12)10(2)8-9/h9-10,12H,3-8H2,1-2H3. The number of aliphatic hydroxyl groups excluding tert-OH is 1. The summed E-state index contributed by atoms with van der Waals surface area (Å²) in [7, 11) is 0. The van der Waals surface area contributed by atoms with Crippen LogP contribution in [0.2, 0.25) is 0 Å². The first-order chi connectivity index (χ1) is 5.74. The zero-order valence-electron chi connectivity index (χ0n) is 8.29. The number of aliphatic hydroxyl groups is 1. The van der Waals surface area contributed by atoms with Crippen LogP contribution in [0.25, 0.3) is 0 Å². The minimum absolute atomic E-state index is 0.332. The van der Waals surface area contributed by atoms with E-state index >= 15 is 0 Å². The van der Waals surface area contributed by atoms with Gasteiger partial charge in [0.1, 0.15) is 0 Å². The number of likely N-dealkylation sites (tertiary alicyclic amines) is 1. The summed E-state index contributed by atoms with van der Waals surface area (Å²) in [4.78, 5) is 2.50. The summed E-state index contributed by atoms with van der Waals surface area (Å²) < 4.78 is 0. The molecule has 12 heavy (non-hydrogen) atoms. The van der Waals surface area contributed by atoms with Gasteiger partial charge in [-0.1, -0.05) is 6.92 Å². The maximum absolute atomic E-state index is 8.71. The van der Waals surface area contributed by atoms with Crippen molar-refractivity contribution in [2.45, 2.75) is 39.2 Å². The van der Waals surface area contributed by atoms with Gasteiger partial charge in [-0.15, -0.1) is 0 Å². The lowest BCUT2D eigenvalue weighted by Crippen LogP contribution is -2.40. The third kappa shape index (κ3) is 2.76. The van der Waals surface area contributed by atoms with E-state index in [2.05, 4.69) is 18.7 Å². The van der Waals surface area contributed by atoms with Crippen molar-refractivity contribution in [1.29, 1.82) is 0 Å². The average molecular weight is 171 g/mol. The molecule has 2 nitrogen and oxygen atoms in total. The van der Waals surface area contributed by atoms with E-state index in [1.54, 1.807) is 0 Å². The lowest BCUT2D eigenvalue weighted by molar-refractivity contribution is 0.119. The van der Waals surface area contributed by atoms with E-state index < -0.39 is 0 Å². The molecule has 0 aromatic rings. The van der Waals surface area contributed by atoms with Crippen LogP contribution in [0.1, 0.15) is 33.1 Å². The van der Waals surface area contributed by atoms with Crippen LogP contribution in [0.5, 0.6) is 0 Å². The van der Waals surface area contributed by atoms with Crippen LogP contribution in [0, 0.1) is 5.92 Å². The van der Waals surface area contributed by atoms with Gasteiger partial charge in [0.15, 0.2) is 0 Å². The van der Waals surface area contributed by atoms with E-state index in [-0.39, 0.29) is 0 Å². The first-order valence-electron chi connectivity index (χ1n) is 5.09. The molecule has 0 radical (unpaired) electrons. The van der Waals surface area contributed by atoms with Crippen LogP contribution in [0.3, 0.4) is 0 Å². The fourth-order valence-corrected chi connectivity index (χ4v) is 2.06. The molecule has 1 aliphatic rings. The van der Waals surface area contributed by atoms with Crippen molar-refractivity contribution in [2.24, 2.45) is 5.92 Å². The highest BCUT2D eigenvalue weighted by atomic mass is 16.3. The van der Waals surface area contributed by atoms with Gasteiger partial charge in [0.05, 0.1) is 0 Å². The summed E-state index contributed by atoms with van der Waals surface area (Å²) in [5, 5.41) is 8.71. The lowest BCUT2D eigenvalue weighted by atomic mass is 9.93. The Bertz CT molecular complexity index is 125. The molecule has 1 saturated heterocycles. The summed E-state index contributed by atoms with van der Waals surface area (Å²) >= 11 is 0. The molecule has 1 N–H and O–H groups in total. The van der Waals surface area contributed by atoms with E-state index in [4.69, 9.17) is 5.11 Å². The molecule has 1 fully saturated rings. The van der Waals surface area contributed by atoms with Crippen LogP contribution >= 0.6 is 0 Å². The second-order valence-corrected chi connectivity index (χ2v) is 4.09. The molecule has 2 heteroatoms. The number of hydrogen-bond donors (Lipinski definition) is 1. The topological polar surface area (TPSA) is 23.5 Å². The zero-order valence-corrected chi connectivity index (χ0v) is 8.29. The highest BCUT2D eigenvalue weighted by Gasteiger charge is 2.21. The van der Waals surface area contributed by atoms with Gasteiger partial charge in [-0.05, 0) is 38.6 Å². The SMILES string of the molecule is CC1CCN(CCCO)C(C)C1. The lowest BCUT2D eigenvalue weighted by Gasteiger charge is -2.36. The normalized spacial score (nSPS) is 32.2. The summed E-state index contributed by atoms with van der Waals surface area (Å²) in [6.45, 7) is 7.26. The minimum atomic E-state index is 0.332. The average Bonchev–Trinajstić information content (AvgIpc) is 2.03. The second kappa shape index (κ2) is 4.83. The Labute approximate surface area is 75.6 Å². The van der Waals surface area contributed by atoms with Crippen molar-refractivity contribution in [3.05, 3.63) is 0 Å². The quantitative estimate of drug-likeness (QED) is 0.695. The van der Waals surface area contributed by atoms with Crippen LogP contribution in [0.4, 0.5) is 0 Å². The first-order valence-corrected chi connectivity index (χ1v) is 5.09. The van der Waals surface area contributed by atoms with E-state index in [9.17, 15) is 0 Å². The van der Waals surface area contributed by atoms with E-state index in [0.717, 1.165) is 24.9 Å². The molecule has 0 aliphatic carbocycles. The Morgan fingerprint density at radius 1 is 1.42 bits per heavy atom. The smallest absolute Gasteiger partial charge is 0.0443 e. The van der Waals surface area contributed by atoms with Gasteiger partial charge in [-0.25, -0.2) is 0 Å². The Balaban J connectivity index is 2.25. The molecule has 0 amide bonds. The fourth-order valence-electron chi connectivity index (χ4n) is 2.06. The minimum Gasteiger partial charge on any atom is -0.396 e. The molecule has 72 valence electrons. The molecule has 2 unspecified atom stereocenters. The van der Waals surface area contributed by atoms with Crippen molar-refractivity contribution in [3.63, 3.8) is 0 Å². The van der Waals surface area contributed by atoms with Crippen LogP contribution in [0.15, 0.2) is 0 Å². The molecule has 1 rings (SSSR count). The van der Waals surface area contributed by atoms with E-state index in [0.29, 0.717) is 6.61 Å². The van der Waals surface area contributed by atoms with Crippen molar-refractivity contribution < 1.29 is 5.11 Å². The largest absolute Gasteiger partial charge is 0.396 e. The molecular weight excluding hydrogens is 150 g/mol. The molecule has 0 bridgehead atoms. The Morgan fingerprint density at radius 3 is 2.75 bits per heavy atom. The van der Waals surface area contributed by atoms with Gasteiger partial charge in [0.2, 0.25) is 0 Å². The fraction of sp³-hybridized carbons (Fsp3) is 1.00. The first kappa shape index (κ1) is 10.0. The van der Waals surface area contributed by atoms with Gasteiger partial charge in [-0.3, -0.25) is 0 Å². The maximum atomic E-state index is 8.71. The monoisotopic (exact) mass is 171 g/mol.